The van der Waals surface area contributed by atoms with E-state index in [4.69, 9.17) is 4.74 Å². The summed E-state index contributed by atoms with van der Waals surface area (Å²) in [5, 5.41) is 3.62. The SMILES string of the molecule is COCC(CCBr)NC(=O)c1ccc(F)c(Br)c1. The van der Waals surface area contributed by atoms with Crippen molar-refractivity contribution in [2.24, 2.45) is 0 Å². The van der Waals surface area contributed by atoms with Gasteiger partial charge in [-0.05, 0) is 40.5 Å². The van der Waals surface area contributed by atoms with Crippen LogP contribution in [0.1, 0.15) is 16.8 Å². The molecule has 0 aromatic heterocycles. The van der Waals surface area contributed by atoms with Crippen LogP contribution in [0.15, 0.2) is 22.7 Å². The lowest BCUT2D eigenvalue weighted by Gasteiger charge is -2.16. The number of halogens is 3. The van der Waals surface area contributed by atoms with Crippen molar-refractivity contribution < 1.29 is 13.9 Å². The number of carbonyl (C=O) groups is 1. The van der Waals surface area contributed by atoms with Crippen LogP contribution in [0.3, 0.4) is 0 Å². The normalized spacial score (nSPS) is 12.2. The Morgan fingerprint density at radius 3 is 2.83 bits per heavy atom. The van der Waals surface area contributed by atoms with Gasteiger partial charge in [-0.25, -0.2) is 4.39 Å². The lowest BCUT2D eigenvalue weighted by Crippen LogP contribution is -2.38. The highest BCUT2D eigenvalue weighted by Gasteiger charge is 2.14. The van der Waals surface area contributed by atoms with E-state index in [-0.39, 0.29) is 22.2 Å². The van der Waals surface area contributed by atoms with Gasteiger partial charge < -0.3 is 10.1 Å². The smallest absolute Gasteiger partial charge is 0.251 e. The van der Waals surface area contributed by atoms with Crippen LogP contribution >= 0.6 is 31.9 Å². The fraction of sp³-hybridized carbons (Fsp3) is 0.417. The average molecular weight is 383 g/mol. The quantitative estimate of drug-likeness (QED) is 0.767. The molecular formula is C12H14Br2FNO2. The Kier molecular flexibility index (Phi) is 6.81. The standard InChI is InChI=1S/C12H14Br2FNO2/c1-18-7-9(4-5-13)16-12(17)8-2-3-11(15)10(14)6-8/h2-3,6,9H,4-5,7H2,1H3,(H,16,17). The highest BCUT2D eigenvalue weighted by atomic mass is 79.9. The highest BCUT2D eigenvalue weighted by molar-refractivity contribution is 9.10. The second kappa shape index (κ2) is 7.86. The van der Waals surface area contributed by atoms with Crippen molar-refractivity contribution in [2.75, 3.05) is 19.0 Å². The molecule has 0 aliphatic heterocycles. The zero-order valence-electron chi connectivity index (χ0n) is 9.88. The molecule has 1 amide bonds. The summed E-state index contributed by atoms with van der Waals surface area (Å²) in [5.74, 6) is -0.626. The van der Waals surface area contributed by atoms with E-state index in [1.165, 1.54) is 18.2 Å². The minimum absolute atomic E-state index is 0.0642. The molecule has 6 heteroatoms. The Bertz CT molecular complexity index is 409. The van der Waals surface area contributed by atoms with Gasteiger partial charge in [0.15, 0.2) is 0 Å². The van der Waals surface area contributed by atoms with Gasteiger partial charge in [-0.1, -0.05) is 15.9 Å². The maximum absolute atomic E-state index is 13.1. The third-order valence-electron chi connectivity index (χ3n) is 2.34. The number of ether oxygens (including phenoxy) is 1. The number of carbonyl (C=O) groups excluding carboxylic acids is 1. The maximum atomic E-state index is 13.1. The van der Waals surface area contributed by atoms with Crippen molar-refractivity contribution in [1.82, 2.24) is 5.32 Å². The maximum Gasteiger partial charge on any atom is 0.251 e. The summed E-state index contributed by atoms with van der Waals surface area (Å²) in [4.78, 5) is 11.9. The van der Waals surface area contributed by atoms with Gasteiger partial charge in [0.2, 0.25) is 0 Å². The molecule has 0 heterocycles. The topological polar surface area (TPSA) is 38.3 Å². The zero-order valence-corrected chi connectivity index (χ0v) is 13.1. The number of benzene rings is 1. The van der Waals surface area contributed by atoms with Crippen molar-refractivity contribution >= 4 is 37.8 Å². The Hall–Kier alpha value is -0.460. The van der Waals surface area contributed by atoms with Crippen LogP contribution in [-0.2, 0) is 4.74 Å². The molecule has 1 N–H and O–H groups in total. The van der Waals surface area contributed by atoms with Crippen LogP contribution in [0.25, 0.3) is 0 Å². The Morgan fingerprint density at radius 1 is 1.56 bits per heavy atom. The summed E-state index contributed by atoms with van der Waals surface area (Å²) in [5.41, 5.74) is 0.416. The largest absolute Gasteiger partial charge is 0.383 e. The second-order valence-corrected chi connectivity index (χ2v) is 5.38. The molecule has 0 spiro atoms. The molecule has 0 saturated heterocycles. The van der Waals surface area contributed by atoms with Crippen LogP contribution in [0.5, 0.6) is 0 Å². The number of amides is 1. The summed E-state index contributed by atoms with van der Waals surface area (Å²) in [6, 6.07) is 4.11. The Morgan fingerprint density at radius 2 is 2.28 bits per heavy atom. The summed E-state index contributed by atoms with van der Waals surface area (Å²) in [6.45, 7) is 0.444. The van der Waals surface area contributed by atoms with E-state index in [1.807, 2.05) is 0 Å². The summed E-state index contributed by atoms with van der Waals surface area (Å²) >= 11 is 6.38. The minimum Gasteiger partial charge on any atom is -0.383 e. The monoisotopic (exact) mass is 381 g/mol. The van der Waals surface area contributed by atoms with Gasteiger partial charge in [-0.15, -0.1) is 0 Å². The molecule has 0 aliphatic rings. The van der Waals surface area contributed by atoms with Crippen LogP contribution in [0, 0.1) is 5.82 Å². The number of nitrogens with one attached hydrogen (secondary N) is 1. The van der Waals surface area contributed by atoms with E-state index in [1.54, 1.807) is 7.11 Å². The van der Waals surface area contributed by atoms with Gasteiger partial charge in [0.25, 0.3) is 5.91 Å². The summed E-state index contributed by atoms with van der Waals surface area (Å²) in [7, 11) is 1.59. The van der Waals surface area contributed by atoms with Crippen LogP contribution < -0.4 is 5.32 Å². The molecule has 1 aromatic rings. The third kappa shape index (κ3) is 4.66. The number of rotatable bonds is 6. The van der Waals surface area contributed by atoms with Gasteiger partial charge >= 0.3 is 0 Å². The molecular weight excluding hydrogens is 369 g/mol. The Labute approximate surface area is 122 Å². The van der Waals surface area contributed by atoms with E-state index in [0.717, 1.165) is 11.8 Å². The third-order valence-corrected chi connectivity index (χ3v) is 3.41. The van der Waals surface area contributed by atoms with Crippen LogP contribution in [0.2, 0.25) is 0 Å². The zero-order chi connectivity index (χ0) is 13.5. The van der Waals surface area contributed by atoms with Crippen molar-refractivity contribution in [3.05, 3.63) is 34.1 Å². The average Bonchev–Trinajstić information content (AvgIpc) is 2.33. The molecule has 1 rings (SSSR count). The second-order valence-electron chi connectivity index (χ2n) is 3.73. The Balaban J connectivity index is 2.70. The summed E-state index contributed by atoms with van der Waals surface area (Å²) in [6.07, 6.45) is 0.766. The molecule has 18 heavy (non-hydrogen) atoms. The molecule has 100 valence electrons. The van der Waals surface area contributed by atoms with Crippen molar-refractivity contribution in [3.8, 4) is 0 Å². The predicted molar refractivity (Wildman–Crippen MR) is 75.6 cm³/mol. The van der Waals surface area contributed by atoms with Crippen LogP contribution in [0.4, 0.5) is 4.39 Å². The molecule has 0 radical (unpaired) electrons. The van der Waals surface area contributed by atoms with E-state index in [0.29, 0.717) is 12.2 Å². The highest BCUT2D eigenvalue weighted by Crippen LogP contribution is 2.17. The lowest BCUT2D eigenvalue weighted by atomic mass is 10.1. The van der Waals surface area contributed by atoms with E-state index in [9.17, 15) is 9.18 Å². The number of alkyl halides is 1. The van der Waals surface area contributed by atoms with Gasteiger partial charge in [-0.3, -0.25) is 4.79 Å². The summed E-state index contributed by atoms with van der Waals surface area (Å²) < 4.78 is 18.4. The van der Waals surface area contributed by atoms with E-state index >= 15 is 0 Å². The van der Waals surface area contributed by atoms with Crippen molar-refractivity contribution in [3.63, 3.8) is 0 Å². The lowest BCUT2D eigenvalue weighted by molar-refractivity contribution is 0.0895. The molecule has 0 aliphatic carbocycles. The van der Waals surface area contributed by atoms with Crippen LogP contribution in [-0.4, -0.2) is 31.0 Å². The minimum atomic E-state index is -0.388. The first kappa shape index (κ1) is 15.6. The predicted octanol–water partition coefficient (Wildman–Crippen LogP) is 3.12. The fourth-order valence-electron chi connectivity index (χ4n) is 1.44. The number of methoxy groups -OCH3 is 1. The van der Waals surface area contributed by atoms with Gasteiger partial charge in [-0.2, -0.15) is 0 Å². The van der Waals surface area contributed by atoms with Crippen molar-refractivity contribution in [1.29, 1.82) is 0 Å². The molecule has 3 nitrogen and oxygen atoms in total. The van der Waals surface area contributed by atoms with E-state index < -0.39 is 0 Å². The first-order valence-electron chi connectivity index (χ1n) is 5.39. The van der Waals surface area contributed by atoms with Crippen molar-refractivity contribution in [2.45, 2.75) is 12.5 Å². The van der Waals surface area contributed by atoms with Gasteiger partial charge in [0.1, 0.15) is 5.82 Å². The first-order valence-corrected chi connectivity index (χ1v) is 7.30. The molecule has 1 aromatic carbocycles. The number of hydrogen-bond donors (Lipinski definition) is 1. The number of hydrogen-bond acceptors (Lipinski definition) is 2. The first-order chi connectivity index (χ1) is 8.58. The molecule has 0 fully saturated rings. The molecule has 1 atom stereocenters. The molecule has 1 unspecified atom stereocenters. The van der Waals surface area contributed by atoms with Gasteiger partial charge in [0.05, 0.1) is 17.1 Å². The van der Waals surface area contributed by atoms with Gasteiger partial charge in [0, 0.05) is 18.0 Å². The fourth-order valence-corrected chi connectivity index (χ4v) is 2.37. The molecule has 0 saturated carbocycles. The van der Waals surface area contributed by atoms with E-state index in [2.05, 4.69) is 37.2 Å². The molecule has 0 bridgehead atoms.